The van der Waals surface area contributed by atoms with E-state index in [1.807, 2.05) is 24.3 Å². The quantitative estimate of drug-likeness (QED) is 0.509. The van der Waals surface area contributed by atoms with E-state index >= 15 is 0 Å². The Hall–Kier alpha value is -2.85. The first-order valence-electron chi connectivity index (χ1n) is 9.68. The van der Waals surface area contributed by atoms with Crippen LogP contribution in [0.25, 0.3) is 0 Å². The van der Waals surface area contributed by atoms with Crippen LogP contribution in [0.15, 0.2) is 53.4 Å². The van der Waals surface area contributed by atoms with Gasteiger partial charge in [-0.15, -0.1) is 23.1 Å². The van der Waals surface area contributed by atoms with Gasteiger partial charge in [-0.2, -0.15) is 13.2 Å². The molecule has 32 heavy (non-hydrogen) atoms. The molecule has 1 unspecified atom stereocenters. The lowest BCUT2D eigenvalue weighted by Crippen LogP contribution is -2.32. The van der Waals surface area contributed by atoms with Crippen molar-refractivity contribution in [3.63, 3.8) is 0 Å². The summed E-state index contributed by atoms with van der Waals surface area (Å²) in [6.45, 7) is 1.72. The van der Waals surface area contributed by atoms with Crippen LogP contribution < -0.4 is 10.6 Å². The van der Waals surface area contributed by atoms with E-state index in [0.717, 1.165) is 22.7 Å². The number of thioether (sulfide) groups is 1. The van der Waals surface area contributed by atoms with Crippen molar-refractivity contribution >= 4 is 45.6 Å². The van der Waals surface area contributed by atoms with Crippen LogP contribution in [-0.4, -0.2) is 22.0 Å². The molecule has 0 bridgehead atoms. The minimum atomic E-state index is -4.40. The fraction of sp³-hybridized carbons (Fsp3) is 0.227. The number of amides is 2. The predicted octanol–water partition coefficient (Wildman–Crippen LogP) is 5.50. The van der Waals surface area contributed by atoms with Gasteiger partial charge in [0.25, 0.3) is 0 Å². The zero-order chi connectivity index (χ0) is 22.9. The average Bonchev–Trinajstić information content (AvgIpc) is 3.06. The third kappa shape index (κ3) is 5.13. The van der Waals surface area contributed by atoms with Gasteiger partial charge in [0.05, 0.1) is 27.2 Å². The van der Waals surface area contributed by atoms with Crippen molar-refractivity contribution in [1.82, 2.24) is 4.98 Å². The third-order valence-electron chi connectivity index (χ3n) is 4.78. The SMILES string of the molecule is Cc1nc(Cc2cccc(C(F)(F)F)c2)sc1NC(=O)CC1Sc2ccccc2NC1=O. The molecular weight excluding hydrogens is 459 g/mol. The number of alkyl halides is 3. The molecule has 2 aromatic carbocycles. The summed E-state index contributed by atoms with van der Waals surface area (Å²) in [6.07, 6.45) is -4.19. The van der Waals surface area contributed by atoms with E-state index in [1.165, 1.54) is 29.2 Å². The molecule has 10 heteroatoms. The Bertz CT molecular complexity index is 1180. The maximum Gasteiger partial charge on any atom is 0.416 e. The van der Waals surface area contributed by atoms with Crippen LogP contribution in [-0.2, 0) is 22.2 Å². The molecule has 1 aliphatic heterocycles. The van der Waals surface area contributed by atoms with Crippen LogP contribution in [0.3, 0.4) is 0 Å². The molecule has 4 rings (SSSR count). The fourth-order valence-electron chi connectivity index (χ4n) is 3.25. The predicted molar refractivity (Wildman–Crippen MR) is 119 cm³/mol. The van der Waals surface area contributed by atoms with Gasteiger partial charge in [-0.1, -0.05) is 30.3 Å². The molecule has 0 radical (unpaired) electrons. The summed E-state index contributed by atoms with van der Waals surface area (Å²) < 4.78 is 38.8. The van der Waals surface area contributed by atoms with Gasteiger partial charge in [0, 0.05) is 17.7 Å². The molecular formula is C22H18F3N3O2S2. The molecule has 5 nitrogen and oxygen atoms in total. The Kier molecular flexibility index (Phi) is 6.25. The summed E-state index contributed by atoms with van der Waals surface area (Å²) in [6, 6.07) is 12.5. The third-order valence-corrected chi connectivity index (χ3v) is 7.13. The highest BCUT2D eigenvalue weighted by Gasteiger charge is 2.31. The van der Waals surface area contributed by atoms with Gasteiger partial charge in [0.1, 0.15) is 5.00 Å². The van der Waals surface area contributed by atoms with E-state index in [4.69, 9.17) is 0 Å². The second-order valence-corrected chi connectivity index (χ2v) is 9.57. The average molecular weight is 478 g/mol. The Morgan fingerprint density at radius 3 is 2.75 bits per heavy atom. The number of carbonyl (C=O) groups excluding carboxylic acids is 2. The van der Waals surface area contributed by atoms with Crippen molar-refractivity contribution < 1.29 is 22.8 Å². The van der Waals surface area contributed by atoms with Gasteiger partial charge >= 0.3 is 6.18 Å². The smallest absolute Gasteiger partial charge is 0.324 e. The number of para-hydroxylation sites is 1. The van der Waals surface area contributed by atoms with Crippen molar-refractivity contribution in [3.8, 4) is 0 Å². The number of carbonyl (C=O) groups is 2. The lowest BCUT2D eigenvalue weighted by atomic mass is 10.1. The number of halogens is 3. The molecule has 1 aromatic heterocycles. The van der Waals surface area contributed by atoms with Crippen LogP contribution in [0.5, 0.6) is 0 Å². The van der Waals surface area contributed by atoms with Gasteiger partial charge in [-0.05, 0) is 30.7 Å². The standard InChI is InChI=1S/C22H18F3N3O2S2/c1-12-21(32-19(26-12)10-13-5-4-6-14(9-13)22(23,24)25)28-18(29)11-17-20(30)27-15-7-2-3-8-16(15)31-17/h2-9,17H,10-11H2,1H3,(H,27,30)(H,28,29). The minimum absolute atomic E-state index is 0.00879. The van der Waals surface area contributed by atoms with Gasteiger partial charge in [0.15, 0.2) is 0 Å². The summed E-state index contributed by atoms with van der Waals surface area (Å²) in [7, 11) is 0. The zero-order valence-corrected chi connectivity index (χ0v) is 18.5. The van der Waals surface area contributed by atoms with Crippen LogP contribution >= 0.6 is 23.1 Å². The molecule has 0 aliphatic carbocycles. The maximum atomic E-state index is 12.9. The molecule has 2 N–H and O–H groups in total. The van der Waals surface area contributed by atoms with Gasteiger partial charge in [-0.3, -0.25) is 9.59 Å². The van der Waals surface area contributed by atoms with Crippen molar-refractivity contribution in [1.29, 1.82) is 0 Å². The number of aromatic nitrogens is 1. The number of hydrogen-bond acceptors (Lipinski definition) is 5. The summed E-state index contributed by atoms with van der Waals surface area (Å²) >= 11 is 2.56. The van der Waals surface area contributed by atoms with Crippen LogP contribution in [0.1, 0.15) is 28.2 Å². The van der Waals surface area contributed by atoms with E-state index in [-0.39, 0.29) is 24.7 Å². The van der Waals surface area contributed by atoms with Crippen LogP contribution in [0.4, 0.5) is 23.9 Å². The second kappa shape index (κ2) is 8.95. The highest BCUT2D eigenvalue weighted by molar-refractivity contribution is 8.01. The van der Waals surface area contributed by atoms with Crippen LogP contribution in [0, 0.1) is 6.92 Å². The summed E-state index contributed by atoms with van der Waals surface area (Å²) in [4.78, 5) is 30.2. The first-order valence-corrected chi connectivity index (χ1v) is 11.4. The molecule has 2 amide bonds. The number of nitrogens with one attached hydrogen (secondary N) is 2. The Labute approximate surface area is 190 Å². The van der Waals surface area contributed by atoms with Crippen molar-refractivity contribution in [2.75, 3.05) is 10.6 Å². The molecule has 0 saturated carbocycles. The highest BCUT2D eigenvalue weighted by atomic mass is 32.2. The van der Waals surface area contributed by atoms with E-state index in [9.17, 15) is 22.8 Å². The van der Waals surface area contributed by atoms with Crippen molar-refractivity contribution in [2.24, 2.45) is 0 Å². The van der Waals surface area contributed by atoms with E-state index < -0.39 is 17.0 Å². The topological polar surface area (TPSA) is 71.1 Å². The van der Waals surface area contributed by atoms with Gasteiger partial charge < -0.3 is 10.6 Å². The molecule has 0 fully saturated rings. The molecule has 1 aliphatic rings. The Morgan fingerprint density at radius 2 is 1.97 bits per heavy atom. The number of anilines is 2. The largest absolute Gasteiger partial charge is 0.416 e. The monoisotopic (exact) mass is 477 g/mol. The summed E-state index contributed by atoms with van der Waals surface area (Å²) in [5, 5.41) is 6.16. The number of thiazole rings is 1. The second-order valence-electron chi connectivity index (χ2n) is 7.24. The van der Waals surface area contributed by atoms with Gasteiger partial charge in [0.2, 0.25) is 11.8 Å². The Morgan fingerprint density at radius 1 is 1.19 bits per heavy atom. The minimum Gasteiger partial charge on any atom is -0.324 e. The number of fused-ring (bicyclic) bond motifs is 1. The molecule has 1 atom stereocenters. The summed E-state index contributed by atoms with van der Waals surface area (Å²) in [5.74, 6) is -0.551. The molecule has 3 aromatic rings. The number of benzene rings is 2. The van der Waals surface area contributed by atoms with Gasteiger partial charge in [-0.25, -0.2) is 4.98 Å². The maximum absolute atomic E-state index is 12.9. The number of nitrogens with zero attached hydrogens (tertiary/aromatic N) is 1. The zero-order valence-electron chi connectivity index (χ0n) is 16.8. The normalized spacial score (nSPS) is 15.8. The lowest BCUT2D eigenvalue weighted by Gasteiger charge is -2.23. The molecule has 0 saturated heterocycles. The van der Waals surface area contributed by atoms with Crippen molar-refractivity contribution in [2.45, 2.75) is 36.1 Å². The lowest BCUT2D eigenvalue weighted by molar-refractivity contribution is -0.137. The van der Waals surface area contributed by atoms with Crippen LogP contribution in [0.2, 0.25) is 0 Å². The highest BCUT2D eigenvalue weighted by Crippen LogP contribution is 2.37. The van der Waals surface area contributed by atoms with E-state index in [1.54, 1.807) is 13.0 Å². The van der Waals surface area contributed by atoms with E-state index in [2.05, 4.69) is 15.6 Å². The molecule has 2 heterocycles. The number of hydrogen-bond donors (Lipinski definition) is 2. The number of aryl methyl sites for hydroxylation is 1. The van der Waals surface area contributed by atoms with E-state index in [0.29, 0.717) is 21.3 Å². The van der Waals surface area contributed by atoms with Crippen molar-refractivity contribution in [3.05, 3.63) is 70.4 Å². The molecule has 0 spiro atoms. The molecule has 166 valence electrons. The fourth-order valence-corrected chi connectivity index (χ4v) is 5.37. The first kappa shape index (κ1) is 22.3. The summed E-state index contributed by atoms with van der Waals surface area (Å²) in [5.41, 5.74) is 1.09. The first-order chi connectivity index (χ1) is 15.2. The number of rotatable bonds is 5. The Balaban J connectivity index is 1.40.